The van der Waals surface area contributed by atoms with Gasteiger partial charge in [0.15, 0.2) is 0 Å². The van der Waals surface area contributed by atoms with E-state index in [1.54, 1.807) is 0 Å². The average Bonchev–Trinajstić information content (AvgIpc) is 2.14. The lowest BCUT2D eigenvalue weighted by Crippen LogP contribution is -2.04. The van der Waals surface area contributed by atoms with Gasteiger partial charge in [0.1, 0.15) is 4.90 Å². The van der Waals surface area contributed by atoms with E-state index in [9.17, 15) is 13.2 Å². The summed E-state index contributed by atoms with van der Waals surface area (Å²) in [6.45, 7) is 0. The Morgan fingerprint density at radius 2 is 2.07 bits per heavy atom. The molecule has 0 unspecified atom stereocenters. The van der Waals surface area contributed by atoms with E-state index in [1.165, 1.54) is 19.2 Å². The number of nitrogen functional groups attached to an aromatic ring is 1. The van der Waals surface area contributed by atoms with Crippen molar-refractivity contribution in [2.24, 2.45) is 0 Å². The lowest BCUT2D eigenvalue weighted by atomic mass is 10.2. The number of methoxy groups -OCH3 is 1. The molecule has 82 valence electrons. The number of nitrogens with two attached hydrogens (primary N) is 1. The van der Waals surface area contributed by atoms with Gasteiger partial charge in [0, 0.05) is 10.7 Å². The van der Waals surface area contributed by atoms with Gasteiger partial charge in [-0.25, -0.2) is 13.2 Å². The minimum Gasteiger partial charge on any atom is -0.465 e. The number of hydrogen-bond acceptors (Lipinski definition) is 5. The fourth-order valence-electron chi connectivity index (χ4n) is 1.02. The van der Waals surface area contributed by atoms with Gasteiger partial charge in [0.05, 0.1) is 18.4 Å². The zero-order valence-electron chi connectivity index (χ0n) is 7.73. The first kappa shape index (κ1) is 11.8. The normalized spacial score (nSPS) is 11.1. The summed E-state index contributed by atoms with van der Waals surface area (Å²) in [5.41, 5.74) is 5.50. The quantitative estimate of drug-likeness (QED) is 0.480. The maximum Gasteiger partial charge on any atom is 0.337 e. The van der Waals surface area contributed by atoms with E-state index in [4.69, 9.17) is 16.4 Å². The van der Waals surface area contributed by atoms with E-state index in [1.807, 2.05) is 0 Å². The first-order chi connectivity index (χ1) is 6.86. The molecule has 0 aliphatic rings. The molecular formula is C8H8ClNO4S. The Morgan fingerprint density at radius 3 is 2.47 bits per heavy atom. The summed E-state index contributed by atoms with van der Waals surface area (Å²) in [5, 5.41) is 0. The minimum absolute atomic E-state index is 0.0899. The number of rotatable bonds is 2. The maximum absolute atomic E-state index is 11.1. The van der Waals surface area contributed by atoms with Gasteiger partial charge in [-0.2, -0.15) is 0 Å². The van der Waals surface area contributed by atoms with Crippen LogP contribution in [0.5, 0.6) is 0 Å². The molecule has 1 aromatic rings. The second-order valence-corrected chi connectivity index (χ2v) is 5.22. The molecule has 0 bridgehead atoms. The Hall–Kier alpha value is -1.27. The standard InChI is InChI=1S/C8H8ClNO4S/c1-14-8(11)5-2-3-7(6(10)4-5)15(9,12)13/h2-4H,10H2,1H3. The summed E-state index contributed by atoms with van der Waals surface area (Å²) >= 11 is 0. The molecule has 0 radical (unpaired) electrons. The van der Waals surface area contributed by atoms with Crippen LogP contribution >= 0.6 is 10.7 Å². The van der Waals surface area contributed by atoms with Crippen LogP contribution in [0.25, 0.3) is 0 Å². The molecule has 0 amide bonds. The Balaban J connectivity index is 3.27. The number of ether oxygens (including phenoxy) is 1. The van der Waals surface area contributed by atoms with E-state index in [-0.39, 0.29) is 16.1 Å². The third-order valence-electron chi connectivity index (χ3n) is 1.69. The molecule has 2 N–H and O–H groups in total. The summed E-state index contributed by atoms with van der Waals surface area (Å²) in [4.78, 5) is 10.8. The molecule has 0 heterocycles. The molecule has 0 saturated carbocycles. The van der Waals surface area contributed by atoms with E-state index in [2.05, 4.69) is 4.74 Å². The van der Waals surface area contributed by atoms with Crippen LogP contribution in [0.4, 0.5) is 5.69 Å². The molecule has 15 heavy (non-hydrogen) atoms. The highest BCUT2D eigenvalue weighted by molar-refractivity contribution is 8.13. The Morgan fingerprint density at radius 1 is 1.47 bits per heavy atom. The van der Waals surface area contributed by atoms with E-state index in [0.29, 0.717) is 0 Å². The van der Waals surface area contributed by atoms with Gasteiger partial charge in [0.2, 0.25) is 0 Å². The van der Waals surface area contributed by atoms with Gasteiger partial charge in [-0.05, 0) is 18.2 Å². The molecule has 0 atom stereocenters. The topological polar surface area (TPSA) is 86.5 Å². The molecule has 0 aromatic heterocycles. The van der Waals surface area contributed by atoms with E-state index in [0.717, 1.165) is 6.07 Å². The van der Waals surface area contributed by atoms with Crippen molar-refractivity contribution in [1.82, 2.24) is 0 Å². The monoisotopic (exact) mass is 249 g/mol. The molecule has 0 spiro atoms. The lowest BCUT2D eigenvalue weighted by molar-refractivity contribution is 0.0600. The molecule has 0 saturated heterocycles. The molecular weight excluding hydrogens is 242 g/mol. The van der Waals surface area contributed by atoms with Crippen molar-refractivity contribution in [3.63, 3.8) is 0 Å². The van der Waals surface area contributed by atoms with Gasteiger partial charge in [0.25, 0.3) is 9.05 Å². The number of carbonyl (C=O) groups is 1. The largest absolute Gasteiger partial charge is 0.465 e. The second-order valence-electron chi connectivity index (χ2n) is 2.68. The molecule has 0 aliphatic heterocycles. The van der Waals surface area contributed by atoms with Gasteiger partial charge < -0.3 is 10.5 Å². The summed E-state index contributed by atoms with van der Waals surface area (Å²) in [6.07, 6.45) is 0. The van der Waals surface area contributed by atoms with Crippen molar-refractivity contribution < 1.29 is 17.9 Å². The predicted octanol–water partition coefficient (Wildman–Crippen LogP) is 0.983. The van der Waals surface area contributed by atoms with Crippen molar-refractivity contribution in [2.45, 2.75) is 4.90 Å². The van der Waals surface area contributed by atoms with Crippen molar-refractivity contribution in [3.05, 3.63) is 23.8 Å². The van der Waals surface area contributed by atoms with Gasteiger partial charge >= 0.3 is 5.97 Å². The van der Waals surface area contributed by atoms with Crippen molar-refractivity contribution in [2.75, 3.05) is 12.8 Å². The van der Waals surface area contributed by atoms with Crippen LogP contribution in [0, 0.1) is 0 Å². The van der Waals surface area contributed by atoms with E-state index < -0.39 is 15.0 Å². The molecule has 0 fully saturated rings. The smallest absolute Gasteiger partial charge is 0.337 e. The number of benzene rings is 1. The number of hydrogen-bond donors (Lipinski definition) is 1. The molecule has 1 rings (SSSR count). The zero-order valence-corrected chi connectivity index (χ0v) is 9.30. The highest BCUT2D eigenvalue weighted by atomic mass is 35.7. The fourth-order valence-corrected chi connectivity index (χ4v) is 2.01. The predicted molar refractivity (Wildman–Crippen MR) is 55.2 cm³/mol. The van der Waals surface area contributed by atoms with E-state index >= 15 is 0 Å². The van der Waals surface area contributed by atoms with Crippen LogP contribution in [0.1, 0.15) is 10.4 Å². The van der Waals surface area contributed by atoms with Crippen molar-refractivity contribution in [3.8, 4) is 0 Å². The summed E-state index contributed by atoms with van der Waals surface area (Å²) < 4.78 is 26.4. The summed E-state index contributed by atoms with van der Waals surface area (Å²) in [6, 6.07) is 3.63. The van der Waals surface area contributed by atoms with Crippen LogP contribution < -0.4 is 5.73 Å². The van der Waals surface area contributed by atoms with Crippen molar-refractivity contribution in [1.29, 1.82) is 0 Å². The molecule has 0 aliphatic carbocycles. The average molecular weight is 250 g/mol. The molecule has 5 nitrogen and oxygen atoms in total. The lowest BCUT2D eigenvalue weighted by Gasteiger charge is -2.04. The molecule has 7 heteroatoms. The van der Waals surface area contributed by atoms with Gasteiger partial charge in [-0.1, -0.05) is 0 Å². The summed E-state index contributed by atoms with van der Waals surface area (Å²) in [5.74, 6) is -0.597. The number of carbonyl (C=O) groups excluding carboxylic acids is 1. The first-order valence-corrected chi connectivity index (χ1v) is 6.09. The van der Waals surface area contributed by atoms with Gasteiger partial charge in [-0.15, -0.1) is 0 Å². The Labute approximate surface area is 91.2 Å². The number of esters is 1. The maximum atomic E-state index is 11.1. The SMILES string of the molecule is COC(=O)c1ccc(S(=O)(=O)Cl)c(N)c1. The highest BCUT2D eigenvalue weighted by Gasteiger charge is 2.16. The molecule has 1 aromatic carbocycles. The number of anilines is 1. The van der Waals surface area contributed by atoms with Crippen LogP contribution in [0.15, 0.2) is 23.1 Å². The Bertz CT molecular complexity index is 497. The van der Waals surface area contributed by atoms with Crippen LogP contribution in [-0.2, 0) is 13.8 Å². The van der Waals surface area contributed by atoms with Crippen molar-refractivity contribution >= 4 is 31.4 Å². The number of halogens is 1. The van der Waals surface area contributed by atoms with Gasteiger partial charge in [-0.3, -0.25) is 0 Å². The third-order valence-corrected chi connectivity index (χ3v) is 3.09. The van der Waals surface area contributed by atoms with Crippen LogP contribution in [0.3, 0.4) is 0 Å². The summed E-state index contributed by atoms with van der Waals surface area (Å²) in [7, 11) is 2.43. The highest BCUT2D eigenvalue weighted by Crippen LogP contribution is 2.23. The fraction of sp³-hybridized carbons (Fsp3) is 0.125. The zero-order chi connectivity index (χ0) is 11.6. The van der Waals surface area contributed by atoms with Crippen LogP contribution in [-0.4, -0.2) is 21.5 Å². The second kappa shape index (κ2) is 4.08. The first-order valence-electron chi connectivity index (χ1n) is 3.78. The third kappa shape index (κ3) is 2.60. The van der Waals surface area contributed by atoms with Crippen LogP contribution in [0.2, 0.25) is 0 Å². The Kier molecular flexibility index (Phi) is 3.21. The minimum atomic E-state index is -3.89.